The van der Waals surface area contributed by atoms with Gasteiger partial charge in [-0.25, -0.2) is 8.42 Å². The molecule has 0 spiro atoms. The van der Waals surface area contributed by atoms with Gasteiger partial charge in [-0.05, 0) is 25.8 Å². The van der Waals surface area contributed by atoms with Crippen LogP contribution in [0.5, 0.6) is 0 Å². The highest BCUT2D eigenvalue weighted by atomic mass is 32.2. The Morgan fingerprint density at radius 1 is 1.42 bits per heavy atom. The smallest absolute Gasteiger partial charge is 0.273 e. The molecule has 0 bridgehead atoms. The van der Waals surface area contributed by atoms with E-state index in [-0.39, 0.29) is 47.6 Å². The monoisotopic (exact) mass is 384 g/mol. The average Bonchev–Trinajstić information content (AvgIpc) is 2.60. The molecule has 9 nitrogen and oxygen atoms in total. The summed E-state index contributed by atoms with van der Waals surface area (Å²) in [6.07, 6.45) is 2.37. The molecule has 1 aromatic rings. The molecule has 1 fully saturated rings. The lowest BCUT2D eigenvalue weighted by atomic mass is 10.1. The summed E-state index contributed by atoms with van der Waals surface area (Å²) in [7, 11) is -3.91. The Hall–Kier alpha value is -2.04. The van der Waals surface area contributed by atoms with Crippen LogP contribution in [0.3, 0.4) is 0 Å². The molecule has 1 atom stereocenters. The van der Waals surface area contributed by atoms with E-state index in [9.17, 15) is 23.3 Å². The summed E-state index contributed by atoms with van der Waals surface area (Å²) in [5.74, 6) is -0.220. The van der Waals surface area contributed by atoms with Gasteiger partial charge in [0.25, 0.3) is 5.69 Å². The van der Waals surface area contributed by atoms with Crippen LogP contribution >= 0.6 is 0 Å². The SMILES string of the molecule is Cc1c([N+](=O)[O-])cccc1S(=O)(=O)N1CCCCC1CNC(=O)CCN. The second-order valence-corrected chi connectivity index (χ2v) is 8.12. The Morgan fingerprint density at radius 2 is 2.15 bits per heavy atom. The molecular formula is C16H24N4O5S. The molecule has 0 aliphatic carbocycles. The van der Waals surface area contributed by atoms with Crippen molar-refractivity contribution < 1.29 is 18.1 Å². The van der Waals surface area contributed by atoms with Crippen molar-refractivity contribution in [1.29, 1.82) is 0 Å². The second kappa shape index (κ2) is 8.56. The van der Waals surface area contributed by atoms with E-state index in [4.69, 9.17) is 5.73 Å². The third kappa shape index (κ3) is 4.37. The highest BCUT2D eigenvalue weighted by Gasteiger charge is 2.35. The van der Waals surface area contributed by atoms with E-state index in [2.05, 4.69) is 5.32 Å². The summed E-state index contributed by atoms with van der Waals surface area (Å²) in [4.78, 5) is 22.1. The molecule has 2 rings (SSSR count). The summed E-state index contributed by atoms with van der Waals surface area (Å²) < 4.78 is 27.6. The van der Waals surface area contributed by atoms with E-state index >= 15 is 0 Å². The van der Waals surface area contributed by atoms with Gasteiger partial charge in [0.2, 0.25) is 15.9 Å². The van der Waals surface area contributed by atoms with Gasteiger partial charge in [0.05, 0.1) is 9.82 Å². The van der Waals surface area contributed by atoms with Gasteiger partial charge >= 0.3 is 0 Å². The molecule has 0 saturated carbocycles. The predicted octanol–water partition coefficient (Wildman–Crippen LogP) is 0.911. The van der Waals surface area contributed by atoms with Crippen molar-refractivity contribution in [3.05, 3.63) is 33.9 Å². The van der Waals surface area contributed by atoms with Gasteiger partial charge in [0.15, 0.2) is 0 Å². The van der Waals surface area contributed by atoms with Crippen molar-refractivity contribution in [2.24, 2.45) is 5.73 Å². The first-order valence-electron chi connectivity index (χ1n) is 8.51. The van der Waals surface area contributed by atoms with Crippen LogP contribution in [0.2, 0.25) is 0 Å². The number of sulfonamides is 1. The Bertz CT molecular complexity index is 781. The molecule has 3 N–H and O–H groups in total. The minimum atomic E-state index is -3.91. The summed E-state index contributed by atoms with van der Waals surface area (Å²) in [5, 5.41) is 13.8. The van der Waals surface area contributed by atoms with Crippen molar-refractivity contribution in [2.75, 3.05) is 19.6 Å². The molecular weight excluding hydrogens is 360 g/mol. The molecule has 1 aliphatic rings. The number of amides is 1. The number of nitrogens with two attached hydrogens (primary N) is 1. The maximum absolute atomic E-state index is 13.1. The maximum atomic E-state index is 13.1. The Balaban J connectivity index is 2.29. The lowest BCUT2D eigenvalue weighted by Crippen LogP contribution is -2.49. The van der Waals surface area contributed by atoms with Crippen molar-refractivity contribution in [3.63, 3.8) is 0 Å². The van der Waals surface area contributed by atoms with E-state index in [1.165, 1.54) is 29.4 Å². The first-order chi connectivity index (χ1) is 12.3. The molecule has 1 amide bonds. The van der Waals surface area contributed by atoms with E-state index in [1.807, 2.05) is 0 Å². The van der Waals surface area contributed by atoms with Gasteiger partial charge < -0.3 is 11.1 Å². The van der Waals surface area contributed by atoms with Crippen LogP contribution in [0.1, 0.15) is 31.2 Å². The zero-order chi connectivity index (χ0) is 19.3. The predicted molar refractivity (Wildman–Crippen MR) is 96.0 cm³/mol. The lowest BCUT2D eigenvalue weighted by molar-refractivity contribution is -0.385. The number of nitro benzene ring substituents is 1. The number of benzene rings is 1. The highest BCUT2D eigenvalue weighted by molar-refractivity contribution is 7.89. The highest BCUT2D eigenvalue weighted by Crippen LogP contribution is 2.30. The average molecular weight is 384 g/mol. The first kappa shape index (κ1) is 20.3. The van der Waals surface area contributed by atoms with Crippen LogP contribution in [0.15, 0.2) is 23.1 Å². The minimum absolute atomic E-state index is 0.0631. The molecule has 1 aliphatic heterocycles. The topological polar surface area (TPSA) is 136 Å². The molecule has 1 aromatic carbocycles. The number of rotatable bonds is 7. The molecule has 1 unspecified atom stereocenters. The van der Waals surface area contributed by atoms with Gasteiger partial charge in [0.1, 0.15) is 0 Å². The minimum Gasteiger partial charge on any atom is -0.354 e. The quantitative estimate of drug-likeness (QED) is 0.530. The van der Waals surface area contributed by atoms with Crippen LogP contribution in [0.25, 0.3) is 0 Å². The molecule has 26 heavy (non-hydrogen) atoms. The van der Waals surface area contributed by atoms with E-state index < -0.39 is 14.9 Å². The third-order valence-corrected chi connectivity index (χ3v) is 6.61. The van der Waals surface area contributed by atoms with Crippen LogP contribution in [-0.4, -0.2) is 49.2 Å². The number of carbonyl (C=O) groups is 1. The molecule has 1 heterocycles. The van der Waals surface area contributed by atoms with Crippen LogP contribution in [-0.2, 0) is 14.8 Å². The molecule has 0 aromatic heterocycles. The summed E-state index contributed by atoms with van der Waals surface area (Å²) in [6, 6.07) is 3.67. The third-order valence-electron chi connectivity index (χ3n) is 4.52. The zero-order valence-electron chi connectivity index (χ0n) is 14.7. The molecule has 10 heteroatoms. The summed E-state index contributed by atoms with van der Waals surface area (Å²) in [5.41, 5.74) is 5.24. The number of nitrogens with zero attached hydrogens (tertiary/aromatic N) is 2. The standard InChI is InChI=1S/C16H24N4O5S/c1-12-14(20(22)23)6-4-7-15(12)26(24,25)19-10-3-2-5-13(19)11-18-16(21)8-9-17/h4,6-7,13H,2-3,5,8-11,17H2,1H3,(H,18,21). The lowest BCUT2D eigenvalue weighted by Gasteiger charge is -2.35. The Morgan fingerprint density at radius 3 is 2.81 bits per heavy atom. The van der Waals surface area contributed by atoms with Crippen molar-refractivity contribution in [1.82, 2.24) is 9.62 Å². The molecule has 144 valence electrons. The second-order valence-electron chi connectivity index (χ2n) is 6.27. The van der Waals surface area contributed by atoms with Crippen molar-refractivity contribution >= 4 is 21.6 Å². The largest absolute Gasteiger partial charge is 0.354 e. The zero-order valence-corrected chi connectivity index (χ0v) is 15.5. The summed E-state index contributed by atoms with van der Waals surface area (Å²) in [6.45, 7) is 2.19. The van der Waals surface area contributed by atoms with Crippen LogP contribution in [0.4, 0.5) is 5.69 Å². The fourth-order valence-electron chi connectivity index (χ4n) is 3.15. The van der Waals surface area contributed by atoms with Crippen LogP contribution in [0, 0.1) is 17.0 Å². The van der Waals surface area contributed by atoms with Gasteiger partial charge in [-0.1, -0.05) is 12.5 Å². The maximum Gasteiger partial charge on any atom is 0.273 e. The summed E-state index contributed by atoms with van der Waals surface area (Å²) >= 11 is 0. The number of nitro groups is 1. The van der Waals surface area contributed by atoms with Gasteiger partial charge in [-0.3, -0.25) is 14.9 Å². The van der Waals surface area contributed by atoms with Gasteiger partial charge in [0, 0.05) is 43.7 Å². The number of piperidine rings is 1. The molecule has 1 saturated heterocycles. The first-order valence-corrected chi connectivity index (χ1v) is 9.95. The Labute approximate surface area is 152 Å². The fraction of sp³-hybridized carbons (Fsp3) is 0.562. The fourth-order valence-corrected chi connectivity index (χ4v) is 5.09. The van der Waals surface area contributed by atoms with Crippen LogP contribution < -0.4 is 11.1 Å². The van der Waals surface area contributed by atoms with E-state index in [0.29, 0.717) is 19.4 Å². The van der Waals surface area contributed by atoms with Gasteiger partial charge in [-0.2, -0.15) is 4.31 Å². The van der Waals surface area contributed by atoms with E-state index in [1.54, 1.807) is 0 Å². The normalized spacial score (nSPS) is 18.5. The number of carbonyl (C=O) groups excluding carboxylic acids is 1. The van der Waals surface area contributed by atoms with Crippen molar-refractivity contribution in [2.45, 2.75) is 43.5 Å². The van der Waals surface area contributed by atoms with Gasteiger partial charge in [-0.15, -0.1) is 0 Å². The number of hydrogen-bond donors (Lipinski definition) is 2. The number of nitrogens with one attached hydrogen (secondary N) is 1. The Kier molecular flexibility index (Phi) is 6.68. The van der Waals surface area contributed by atoms with Crippen molar-refractivity contribution in [3.8, 4) is 0 Å². The number of hydrogen-bond acceptors (Lipinski definition) is 6. The molecule has 0 radical (unpaired) electrons. The van der Waals surface area contributed by atoms with E-state index in [0.717, 1.165) is 6.42 Å².